The second kappa shape index (κ2) is 9.56. The molecule has 0 saturated carbocycles. The number of esters is 1. The summed E-state index contributed by atoms with van der Waals surface area (Å²) in [6.45, 7) is 8.87. The van der Waals surface area contributed by atoms with Gasteiger partial charge in [-0.2, -0.15) is 0 Å². The first-order valence-electron chi connectivity index (χ1n) is 9.65. The van der Waals surface area contributed by atoms with Crippen LogP contribution in [0.5, 0.6) is 17.2 Å². The lowest BCUT2D eigenvalue weighted by Gasteiger charge is -2.18. The summed E-state index contributed by atoms with van der Waals surface area (Å²) in [5.74, 6) is 0.692. The minimum Gasteiger partial charge on any atom is -0.493 e. The van der Waals surface area contributed by atoms with Crippen molar-refractivity contribution in [3.63, 3.8) is 0 Å². The highest BCUT2D eigenvalue weighted by Crippen LogP contribution is 2.39. The molecular weight excluding hydrogens is 388 g/mol. The van der Waals surface area contributed by atoms with E-state index >= 15 is 0 Å². The molecule has 0 aliphatic rings. The van der Waals surface area contributed by atoms with Crippen molar-refractivity contribution in [1.82, 2.24) is 10.3 Å². The quantitative estimate of drug-likeness (QED) is 0.634. The Balaban J connectivity index is 2.30. The molecule has 0 spiro atoms. The minimum atomic E-state index is -0.451. The van der Waals surface area contributed by atoms with Gasteiger partial charge < -0.3 is 29.2 Å². The number of aryl methyl sites for hydroxylation is 1. The van der Waals surface area contributed by atoms with E-state index in [1.165, 1.54) is 21.3 Å². The maximum atomic E-state index is 12.9. The molecule has 0 radical (unpaired) electrons. The van der Waals surface area contributed by atoms with Gasteiger partial charge in [-0.25, -0.2) is 4.79 Å². The van der Waals surface area contributed by atoms with Crippen LogP contribution >= 0.6 is 0 Å². The zero-order chi connectivity index (χ0) is 22.6. The van der Waals surface area contributed by atoms with E-state index in [0.29, 0.717) is 39.8 Å². The monoisotopic (exact) mass is 418 g/mol. The lowest BCUT2D eigenvalue weighted by Crippen LogP contribution is -2.27. The Morgan fingerprint density at radius 3 is 2.00 bits per heavy atom. The normalized spacial score (nSPS) is 11.8. The fourth-order valence-corrected chi connectivity index (χ4v) is 3.26. The fourth-order valence-electron chi connectivity index (χ4n) is 3.26. The van der Waals surface area contributed by atoms with E-state index in [1.807, 2.05) is 6.92 Å². The number of benzene rings is 1. The van der Waals surface area contributed by atoms with E-state index in [2.05, 4.69) is 10.3 Å². The van der Waals surface area contributed by atoms with Gasteiger partial charge in [0.05, 0.1) is 39.0 Å². The second-order valence-corrected chi connectivity index (χ2v) is 7.23. The highest BCUT2D eigenvalue weighted by Gasteiger charge is 2.25. The first kappa shape index (κ1) is 23.1. The molecule has 0 aliphatic heterocycles. The predicted molar refractivity (Wildman–Crippen MR) is 113 cm³/mol. The van der Waals surface area contributed by atoms with Crippen LogP contribution in [0.2, 0.25) is 0 Å². The van der Waals surface area contributed by atoms with Crippen LogP contribution in [0.1, 0.15) is 64.5 Å². The van der Waals surface area contributed by atoms with Crippen molar-refractivity contribution in [3.05, 3.63) is 40.2 Å². The molecule has 0 fully saturated rings. The van der Waals surface area contributed by atoms with Gasteiger partial charge in [-0.05, 0) is 57.9 Å². The van der Waals surface area contributed by atoms with Crippen LogP contribution < -0.4 is 19.5 Å². The number of hydrogen-bond donors (Lipinski definition) is 2. The molecule has 1 unspecified atom stereocenters. The highest BCUT2D eigenvalue weighted by molar-refractivity contribution is 6.00. The maximum absolute atomic E-state index is 12.9. The number of hydrogen-bond acceptors (Lipinski definition) is 6. The van der Waals surface area contributed by atoms with Crippen molar-refractivity contribution in [2.24, 2.45) is 0 Å². The summed E-state index contributed by atoms with van der Waals surface area (Å²) in [6, 6.07) is 3.20. The van der Waals surface area contributed by atoms with Gasteiger partial charge >= 0.3 is 5.97 Å². The number of nitrogens with one attached hydrogen (secondary N) is 2. The number of ether oxygens (including phenoxy) is 4. The molecular formula is C22H30N2O6. The molecule has 0 bridgehead atoms. The molecule has 2 aromatic rings. The Hall–Kier alpha value is -3.16. The average molecular weight is 418 g/mol. The van der Waals surface area contributed by atoms with Crippen LogP contribution in [0.15, 0.2) is 12.1 Å². The first-order chi connectivity index (χ1) is 14.1. The number of methoxy groups -OCH3 is 3. The smallest absolute Gasteiger partial charge is 0.340 e. The molecule has 1 atom stereocenters. The molecule has 0 aliphatic carbocycles. The molecule has 30 heavy (non-hydrogen) atoms. The lowest BCUT2D eigenvalue weighted by molar-refractivity contribution is 0.0376. The Morgan fingerprint density at radius 1 is 0.967 bits per heavy atom. The van der Waals surface area contributed by atoms with Crippen molar-refractivity contribution in [3.8, 4) is 17.2 Å². The Kier molecular flexibility index (Phi) is 7.37. The molecule has 8 heteroatoms. The van der Waals surface area contributed by atoms with E-state index < -0.39 is 5.97 Å². The van der Waals surface area contributed by atoms with Gasteiger partial charge in [0.15, 0.2) is 11.5 Å². The van der Waals surface area contributed by atoms with Gasteiger partial charge in [-0.15, -0.1) is 0 Å². The molecule has 164 valence electrons. The van der Waals surface area contributed by atoms with Gasteiger partial charge in [-0.3, -0.25) is 4.79 Å². The molecule has 0 saturated heterocycles. The van der Waals surface area contributed by atoms with Crippen LogP contribution in [-0.2, 0) is 4.74 Å². The summed E-state index contributed by atoms with van der Waals surface area (Å²) in [6.07, 6.45) is -0.247. The van der Waals surface area contributed by atoms with Crippen LogP contribution in [0, 0.1) is 13.8 Å². The van der Waals surface area contributed by atoms with Crippen molar-refractivity contribution < 1.29 is 28.5 Å². The van der Waals surface area contributed by atoms with Gasteiger partial charge in [0.1, 0.15) is 5.69 Å². The first-order valence-corrected chi connectivity index (χ1v) is 9.65. The Morgan fingerprint density at radius 2 is 1.53 bits per heavy atom. The fraction of sp³-hybridized carbons (Fsp3) is 0.455. The lowest BCUT2D eigenvalue weighted by atomic mass is 10.1. The average Bonchev–Trinajstić information content (AvgIpc) is 3.00. The number of aromatic amines is 1. The van der Waals surface area contributed by atoms with Gasteiger partial charge in [-0.1, -0.05) is 0 Å². The Bertz CT molecular complexity index is 907. The van der Waals surface area contributed by atoms with E-state index in [4.69, 9.17) is 18.9 Å². The standard InChI is InChI=1S/C22H30N2O6/c1-11(2)30-22(26)18-12(3)19(23-14(18)5)21(25)24-13(4)15-9-16(27-6)20(29-8)17(10-15)28-7/h9-11,13,23H,1-8H3,(H,24,25). The summed E-state index contributed by atoms with van der Waals surface area (Å²) in [5, 5.41) is 2.94. The van der Waals surface area contributed by atoms with E-state index in [1.54, 1.807) is 39.8 Å². The zero-order valence-corrected chi connectivity index (χ0v) is 18.8. The Labute approximate surface area is 176 Å². The summed E-state index contributed by atoms with van der Waals surface area (Å²) < 4.78 is 21.4. The van der Waals surface area contributed by atoms with E-state index in [-0.39, 0.29) is 18.1 Å². The van der Waals surface area contributed by atoms with Gasteiger partial charge in [0.25, 0.3) is 5.91 Å². The highest BCUT2D eigenvalue weighted by atomic mass is 16.5. The SMILES string of the molecule is COc1cc(C(C)NC(=O)c2[nH]c(C)c(C(=O)OC(C)C)c2C)cc(OC)c1OC. The molecule has 2 rings (SSSR count). The summed E-state index contributed by atoms with van der Waals surface area (Å²) in [5.41, 5.74) is 2.62. The number of carbonyl (C=O) groups excluding carboxylic acids is 2. The molecule has 1 heterocycles. The number of carbonyl (C=O) groups is 2. The summed E-state index contributed by atoms with van der Waals surface area (Å²) in [7, 11) is 4.60. The molecule has 2 N–H and O–H groups in total. The summed E-state index contributed by atoms with van der Waals surface area (Å²) >= 11 is 0. The molecule has 1 aromatic heterocycles. The van der Waals surface area contributed by atoms with Crippen LogP contribution in [0.3, 0.4) is 0 Å². The number of rotatable bonds is 8. The number of H-pyrrole nitrogens is 1. The molecule has 1 amide bonds. The van der Waals surface area contributed by atoms with Gasteiger partial charge in [0, 0.05) is 5.69 Å². The van der Waals surface area contributed by atoms with Crippen molar-refractivity contribution in [2.45, 2.75) is 46.8 Å². The third-order valence-electron chi connectivity index (χ3n) is 4.75. The topological polar surface area (TPSA) is 98.9 Å². The minimum absolute atomic E-state index is 0.247. The van der Waals surface area contributed by atoms with Gasteiger partial charge in [0.2, 0.25) is 5.75 Å². The summed E-state index contributed by atoms with van der Waals surface area (Å²) in [4.78, 5) is 28.3. The van der Waals surface area contributed by atoms with Crippen molar-refractivity contribution in [2.75, 3.05) is 21.3 Å². The third kappa shape index (κ3) is 4.69. The van der Waals surface area contributed by atoms with Crippen LogP contribution in [0.25, 0.3) is 0 Å². The number of amides is 1. The maximum Gasteiger partial charge on any atom is 0.340 e. The van der Waals surface area contributed by atoms with Crippen LogP contribution in [0.4, 0.5) is 0 Å². The predicted octanol–water partition coefficient (Wildman–Crippen LogP) is 3.71. The van der Waals surface area contributed by atoms with Crippen molar-refractivity contribution in [1.29, 1.82) is 0 Å². The van der Waals surface area contributed by atoms with E-state index in [0.717, 1.165) is 5.56 Å². The van der Waals surface area contributed by atoms with E-state index in [9.17, 15) is 9.59 Å². The molecule has 8 nitrogen and oxygen atoms in total. The second-order valence-electron chi connectivity index (χ2n) is 7.23. The number of aromatic nitrogens is 1. The molecule has 1 aromatic carbocycles. The van der Waals surface area contributed by atoms with Crippen molar-refractivity contribution >= 4 is 11.9 Å². The largest absolute Gasteiger partial charge is 0.493 e. The third-order valence-corrected chi connectivity index (χ3v) is 4.75. The zero-order valence-electron chi connectivity index (χ0n) is 18.8. The van der Waals surface area contributed by atoms with Crippen LogP contribution in [-0.4, -0.2) is 44.3 Å².